The van der Waals surface area contributed by atoms with Crippen molar-refractivity contribution in [3.8, 4) is 55.6 Å². The van der Waals surface area contributed by atoms with Gasteiger partial charge in [-0.05, 0) is 220 Å². The van der Waals surface area contributed by atoms with Gasteiger partial charge in [0.15, 0.2) is 0 Å². The SMILES string of the molecule is Cc1cccc(-c2cc(-c3cccc(C)c3)cc(-c3cccc(CCc4cc5cc(c4)-c4cc(C)cc(c4)Cc4cc6cc(c4)C4=CC(=CC(C)(C4)C5)Cc4cc(C)cc(c4)-c4cc(C)cc(c4)C6)c3)c2)c1. The summed E-state index contributed by atoms with van der Waals surface area (Å²) in [6, 6.07) is 71.0. The second-order valence-electron chi connectivity index (χ2n) is 22.4. The summed E-state index contributed by atoms with van der Waals surface area (Å²) in [6.45, 7) is 13.7. The lowest BCUT2D eigenvalue weighted by atomic mass is 9.71. The Labute approximate surface area is 428 Å². The van der Waals surface area contributed by atoms with Gasteiger partial charge in [-0.2, -0.15) is 0 Å². The Morgan fingerprint density at radius 1 is 0.319 bits per heavy atom. The molecular formula is C72H64. The van der Waals surface area contributed by atoms with Crippen LogP contribution in [0.2, 0.25) is 0 Å². The molecule has 12 rings (SSSR count). The molecule has 0 spiro atoms. The first kappa shape index (κ1) is 45.6. The van der Waals surface area contributed by atoms with Gasteiger partial charge in [0.05, 0.1) is 0 Å². The molecule has 1 atom stereocenters. The van der Waals surface area contributed by atoms with Gasteiger partial charge < -0.3 is 0 Å². The minimum Gasteiger partial charge on any atom is -0.0744 e. The number of allylic oxidation sites excluding steroid dienone is 4. The monoisotopic (exact) mass is 929 g/mol. The largest absolute Gasteiger partial charge is 0.0744 e. The zero-order valence-corrected chi connectivity index (χ0v) is 42.9. The lowest BCUT2D eigenvalue weighted by Crippen LogP contribution is -2.22. The third kappa shape index (κ3) is 9.89. The fourth-order valence-electron chi connectivity index (χ4n) is 12.5. The maximum Gasteiger partial charge on any atom is -0.00251 e. The first-order valence-electron chi connectivity index (χ1n) is 26.3. The van der Waals surface area contributed by atoms with E-state index in [0.717, 1.165) is 44.9 Å². The Hall–Kier alpha value is -7.54. The molecule has 0 saturated carbocycles. The first-order chi connectivity index (χ1) is 34.9. The number of benzene rings is 9. The van der Waals surface area contributed by atoms with Crippen LogP contribution in [0.5, 0.6) is 0 Å². The van der Waals surface area contributed by atoms with Crippen LogP contribution in [0.3, 0.4) is 0 Å². The summed E-state index contributed by atoms with van der Waals surface area (Å²) >= 11 is 0. The lowest BCUT2D eigenvalue weighted by Gasteiger charge is -2.33. The van der Waals surface area contributed by atoms with E-state index in [1.807, 2.05) is 0 Å². The van der Waals surface area contributed by atoms with Crippen LogP contribution in [0, 0.1) is 40.0 Å². The Morgan fingerprint density at radius 2 is 0.736 bits per heavy atom. The van der Waals surface area contributed by atoms with Crippen molar-refractivity contribution >= 4 is 5.57 Å². The van der Waals surface area contributed by atoms with Crippen molar-refractivity contribution < 1.29 is 0 Å². The molecule has 14 bridgehead atoms. The average Bonchev–Trinajstić information content (AvgIpc) is 3.34. The van der Waals surface area contributed by atoms with E-state index in [0.29, 0.717) is 0 Å². The van der Waals surface area contributed by atoms with E-state index in [1.54, 1.807) is 0 Å². The normalized spacial score (nSPS) is 15.7. The third-order valence-electron chi connectivity index (χ3n) is 15.5. The van der Waals surface area contributed by atoms with Crippen molar-refractivity contribution in [2.75, 3.05) is 0 Å². The van der Waals surface area contributed by atoms with Crippen molar-refractivity contribution in [1.82, 2.24) is 0 Å². The maximum atomic E-state index is 2.65. The van der Waals surface area contributed by atoms with Crippen LogP contribution in [-0.2, 0) is 38.5 Å². The Kier molecular flexibility index (Phi) is 11.8. The Morgan fingerprint density at radius 3 is 1.29 bits per heavy atom. The minimum absolute atomic E-state index is 0.0723. The molecule has 72 heavy (non-hydrogen) atoms. The molecule has 0 nitrogen and oxygen atoms in total. The highest BCUT2D eigenvalue weighted by atomic mass is 14.3. The van der Waals surface area contributed by atoms with Crippen molar-refractivity contribution in [3.63, 3.8) is 0 Å². The fraction of sp³-hybridized carbons (Fsp3) is 0.194. The highest BCUT2D eigenvalue weighted by molar-refractivity contribution is 5.82. The molecule has 1 unspecified atom stereocenters. The summed E-state index contributed by atoms with van der Waals surface area (Å²) in [5, 5.41) is 0. The van der Waals surface area contributed by atoms with Crippen molar-refractivity contribution in [2.45, 2.75) is 86.5 Å². The van der Waals surface area contributed by atoms with E-state index < -0.39 is 0 Å². The van der Waals surface area contributed by atoms with E-state index in [1.165, 1.54) is 145 Å². The molecule has 0 heteroatoms. The van der Waals surface area contributed by atoms with Gasteiger partial charge in [0, 0.05) is 0 Å². The highest BCUT2D eigenvalue weighted by Gasteiger charge is 2.30. The molecule has 0 amide bonds. The predicted octanol–water partition coefficient (Wildman–Crippen LogP) is 18.4. The second-order valence-corrected chi connectivity index (χ2v) is 22.4. The molecular weight excluding hydrogens is 865 g/mol. The molecule has 0 N–H and O–H groups in total. The topological polar surface area (TPSA) is 0 Å². The quantitative estimate of drug-likeness (QED) is 0.156. The van der Waals surface area contributed by atoms with Crippen LogP contribution < -0.4 is 0 Å². The van der Waals surface area contributed by atoms with Gasteiger partial charge in [0.2, 0.25) is 0 Å². The summed E-state index contributed by atoms with van der Waals surface area (Å²) in [6.07, 6.45) is 11.8. The molecule has 3 aliphatic carbocycles. The smallest absolute Gasteiger partial charge is 0.00251 e. The molecule has 0 fully saturated rings. The number of rotatable bonds is 6. The van der Waals surface area contributed by atoms with Crippen LogP contribution in [0.1, 0.15) is 91.2 Å². The van der Waals surface area contributed by atoms with E-state index in [-0.39, 0.29) is 5.41 Å². The predicted molar refractivity (Wildman–Crippen MR) is 306 cm³/mol. The first-order valence-corrected chi connectivity index (χ1v) is 26.3. The van der Waals surface area contributed by atoms with Gasteiger partial charge in [0.25, 0.3) is 0 Å². The van der Waals surface area contributed by atoms with Crippen molar-refractivity contribution in [1.29, 1.82) is 0 Å². The Balaban J connectivity index is 0.928. The number of aryl methyl sites for hydroxylation is 7. The van der Waals surface area contributed by atoms with Gasteiger partial charge in [-0.3, -0.25) is 0 Å². The van der Waals surface area contributed by atoms with E-state index in [4.69, 9.17) is 0 Å². The summed E-state index contributed by atoms with van der Waals surface area (Å²) in [7, 11) is 0. The maximum absolute atomic E-state index is 2.65. The van der Waals surface area contributed by atoms with Gasteiger partial charge in [-0.25, -0.2) is 0 Å². The molecule has 0 heterocycles. The minimum atomic E-state index is -0.0723. The van der Waals surface area contributed by atoms with Crippen LogP contribution in [0.4, 0.5) is 0 Å². The zero-order valence-electron chi connectivity index (χ0n) is 42.9. The molecule has 3 aliphatic rings. The summed E-state index contributed by atoms with van der Waals surface area (Å²) in [5.41, 5.74) is 34.6. The molecule has 9 aromatic carbocycles. The Bertz CT molecular complexity index is 3620. The number of hydrogen-bond acceptors (Lipinski definition) is 0. The van der Waals surface area contributed by atoms with Crippen LogP contribution in [0.15, 0.2) is 200 Å². The van der Waals surface area contributed by atoms with Crippen molar-refractivity contribution in [2.24, 2.45) is 5.41 Å². The standard InChI is InChI=1S/C72H64/c1-46-10-7-13-60(21-46)68-40-69(61-14-8-11-47(2)22-61)42-70(41-68)62-15-9-12-51(31-62)16-17-52-26-58-38-66(32-52)65-25-49(4)19-54(34-65)28-57-29-56-27-53-18-48(3)23-63(33-53)64-24-50(5)20-55(35-64)30-59-39-71(67(36-56)37-57)45-72(6,43-58)44-59/h7-15,18-26,29,31-42,44H,16-17,27-28,30,43,45H2,1-6H3. The molecule has 0 saturated heterocycles. The molecule has 0 aliphatic heterocycles. The van der Waals surface area contributed by atoms with Crippen LogP contribution >= 0.6 is 0 Å². The van der Waals surface area contributed by atoms with Gasteiger partial charge in [0.1, 0.15) is 0 Å². The van der Waals surface area contributed by atoms with E-state index in [9.17, 15) is 0 Å². The summed E-state index contributed by atoms with van der Waals surface area (Å²) < 4.78 is 0. The van der Waals surface area contributed by atoms with E-state index >= 15 is 0 Å². The molecule has 352 valence electrons. The van der Waals surface area contributed by atoms with Crippen LogP contribution in [0.25, 0.3) is 61.2 Å². The van der Waals surface area contributed by atoms with Gasteiger partial charge >= 0.3 is 0 Å². The van der Waals surface area contributed by atoms with Crippen LogP contribution in [-0.4, -0.2) is 0 Å². The number of hydrogen-bond donors (Lipinski definition) is 0. The molecule has 0 radical (unpaired) electrons. The molecule has 9 aromatic rings. The second kappa shape index (κ2) is 18.6. The average molecular weight is 929 g/mol. The number of fused-ring (bicyclic) bond motifs is 14. The highest BCUT2D eigenvalue weighted by Crippen LogP contribution is 2.44. The third-order valence-corrected chi connectivity index (χ3v) is 15.5. The molecule has 0 aromatic heterocycles. The fourth-order valence-corrected chi connectivity index (χ4v) is 12.5. The van der Waals surface area contributed by atoms with Gasteiger partial charge in [-0.1, -0.05) is 211 Å². The zero-order chi connectivity index (χ0) is 49.1. The summed E-state index contributed by atoms with van der Waals surface area (Å²) in [4.78, 5) is 0. The summed E-state index contributed by atoms with van der Waals surface area (Å²) in [5.74, 6) is 0. The van der Waals surface area contributed by atoms with Gasteiger partial charge in [-0.15, -0.1) is 0 Å². The van der Waals surface area contributed by atoms with Crippen molar-refractivity contribution in [3.05, 3.63) is 278 Å². The lowest BCUT2D eigenvalue weighted by molar-refractivity contribution is 0.430. The van der Waals surface area contributed by atoms with E-state index in [2.05, 4.69) is 236 Å².